The van der Waals surface area contributed by atoms with E-state index in [-0.39, 0.29) is 36.5 Å². The van der Waals surface area contributed by atoms with Crippen LogP contribution in [0, 0.1) is 18.3 Å². The van der Waals surface area contributed by atoms with E-state index in [4.69, 9.17) is 14.7 Å². The zero-order chi connectivity index (χ0) is 23.8. The quantitative estimate of drug-likeness (QED) is 0.541. The van der Waals surface area contributed by atoms with Gasteiger partial charge in [-0.3, -0.25) is 4.79 Å². The highest BCUT2D eigenvalue weighted by Crippen LogP contribution is 2.21. The Morgan fingerprint density at radius 1 is 1.15 bits per heavy atom. The van der Waals surface area contributed by atoms with Crippen molar-refractivity contribution in [3.05, 3.63) is 59.7 Å². The number of carbonyl (C=O) groups excluding carboxylic acids is 2. The van der Waals surface area contributed by atoms with E-state index < -0.39 is 28.5 Å². The number of nitriles is 1. The normalized spacial score (nSPS) is 14.3. The number of sulfonamides is 1. The van der Waals surface area contributed by atoms with Crippen LogP contribution in [-0.4, -0.2) is 64.1 Å². The maximum atomic E-state index is 12.9. The molecule has 0 aliphatic carbocycles. The van der Waals surface area contributed by atoms with Crippen LogP contribution in [0.5, 0.6) is 0 Å². The van der Waals surface area contributed by atoms with Crippen LogP contribution in [0.15, 0.2) is 53.4 Å². The average Bonchev–Trinajstić information content (AvgIpc) is 2.84. The number of amides is 1. The third kappa shape index (κ3) is 5.96. The molecule has 0 radical (unpaired) electrons. The number of morpholine rings is 1. The molecular formula is C23H25N3O6S. The van der Waals surface area contributed by atoms with Crippen LogP contribution in [0.1, 0.15) is 22.3 Å². The Labute approximate surface area is 193 Å². The lowest BCUT2D eigenvalue weighted by Crippen LogP contribution is -2.40. The molecule has 1 amide bonds. The second-order valence-corrected chi connectivity index (χ2v) is 9.30. The van der Waals surface area contributed by atoms with Gasteiger partial charge >= 0.3 is 5.97 Å². The summed E-state index contributed by atoms with van der Waals surface area (Å²) in [4.78, 5) is 26.8. The molecule has 0 N–H and O–H groups in total. The molecule has 0 aromatic heterocycles. The largest absolute Gasteiger partial charge is 0.452 e. The van der Waals surface area contributed by atoms with Gasteiger partial charge in [0, 0.05) is 25.3 Å². The van der Waals surface area contributed by atoms with E-state index >= 15 is 0 Å². The Bertz CT molecular complexity index is 1140. The van der Waals surface area contributed by atoms with Crippen LogP contribution in [-0.2, 0) is 24.3 Å². The van der Waals surface area contributed by atoms with Gasteiger partial charge in [0.15, 0.2) is 6.61 Å². The first-order chi connectivity index (χ1) is 15.8. The zero-order valence-electron chi connectivity index (χ0n) is 18.3. The number of ether oxygens (including phenoxy) is 2. The predicted octanol–water partition coefficient (Wildman–Crippen LogP) is 2.12. The molecule has 2 aromatic rings. The molecule has 2 aromatic carbocycles. The van der Waals surface area contributed by atoms with E-state index in [1.54, 1.807) is 37.3 Å². The molecule has 1 aliphatic heterocycles. The first-order valence-corrected chi connectivity index (χ1v) is 11.9. The monoisotopic (exact) mass is 471 g/mol. The van der Waals surface area contributed by atoms with Crippen molar-refractivity contribution in [3.63, 3.8) is 0 Å². The van der Waals surface area contributed by atoms with Gasteiger partial charge in [0.25, 0.3) is 5.91 Å². The minimum Gasteiger partial charge on any atom is -0.452 e. The second-order valence-electron chi connectivity index (χ2n) is 7.36. The number of benzene rings is 2. The maximum absolute atomic E-state index is 12.9. The second kappa shape index (κ2) is 11.0. The fourth-order valence-electron chi connectivity index (χ4n) is 3.37. The maximum Gasteiger partial charge on any atom is 0.338 e. The lowest BCUT2D eigenvalue weighted by atomic mass is 10.1. The highest BCUT2D eigenvalue weighted by molar-refractivity contribution is 7.89. The minimum absolute atomic E-state index is 0.0202. The van der Waals surface area contributed by atoms with E-state index in [1.165, 1.54) is 27.4 Å². The fraction of sp³-hybridized carbons (Fsp3) is 0.348. The first kappa shape index (κ1) is 24.4. The summed E-state index contributed by atoms with van der Waals surface area (Å²) in [5, 5.41) is 8.89. The number of hydrogen-bond donors (Lipinski definition) is 0. The van der Waals surface area contributed by atoms with Gasteiger partial charge < -0.3 is 14.4 Å². The number of rotatable bonds is 8. The highest BCUT2D eigenvalue weighted by atomic mass is 32.2. The molecule has 9 nitrogen and oxygen atoms in total. The molecule has 33 heavy (non-hydrogen) atoms. The SMILES string of the molecule is Cc1ccc(S(=O)(=O)N2CCOCC2)cc1C(=O)OCC(=O)N(CCC#N)c1ccccc1. The molecule has 0 spiro atoms. The Morgan fingerprint density at radius 2 is 1.85 bits per heavy atom. The van der Waals surface area contributed by atoms with E-state index in [1.807, 2.05) is 6.07 Å². The Kier molecular flexibility index (Phi) is 8.16. The lowest BCUT2D eigenvalue weighted by Gasteiger charge is -2.26. The van der Waals surface area contributed by atoms with Crippen molar-refractivity contribution in [2.45, 2.75) is 18.2 Å². The van der Waals surface area contributed by atoms with Crippen molar-refractivity contribution in [1.29, 1.82) is 5.26 Å². The molecule has 1 fully saturated rings. The fourth-order valence-corrected chi connectivity index (χ4v) is 4.80. The van der Waals surface area contributed by atoms with Crippen LogP contribution in [0.2, 0.25) is 0 Å². The summed E-state index contributed by atoms with van der Waals surface area (Å²) in [6, 6.07) is 15.0. The molecule has 0 bridgehead atoms. The van der Waals surface area contributed by atoms with Crippen LogP contribution in [0.25, 0.3) is 0 Å². The lowest BCUT2D eigenvalue weighted by molar-refractivity contribution is -0.121. The summed E-state index contributed by atoms with van der Waals surface area (Å²) in [6.45, 7) is 2.37. The standard InChI is InChI=1S/C23H25N3O6S/c1-18-8-9-20(33(29,30)25-12-14-31-15-13-25)16-21(18)23(28)32-17-22(27)26(11-5-10-24)19-6-3-2-4-7-19/h2-4,6-9,16H,5,11-15,17H2,1H3. The molecular weight excluding hydrogens is 446 g/mol. The molecule has 174 valence electrons. The summed E-state index contributed by atoms with van der Waals surface area (Å²) < 4.78 is 37.6. The number of nitrogens with zero attached hydrogens (tertiary/aromatic N) is 3. The van der Waals surface area contributed by atoms with Gasteiger partial charge in [0.1, 0.15) is 0 Å². The van der Waals surface area contributed by atoms with Crippen molar-refractivity contribution in [2.24, 2.45) is 0 Å². The molecule has 0 saturated carbocycles. The molecule has 10 heteroatoms. The minimum atomic E-state index is -3.79. The third-order valence-corrected chi connectivity index (χ3v) is 7.07. The topological polar surface area (TPSA) is 117 Å². The molecule has 1 aliphatic rings. The number of anilines is 1. The Balaban J connectivity index is 1.73. The smallest absolute Gasteiger partial charge is 0.338 e. The number of para-hydroxylation sites is 1. The van der Waals surface area contributed by atoms with Crippen molar-refractivity contribution in [3.8, 4) is 6.07 Å². The van der Waals surface area contributed by atoms with Crippen LogP contribution in [0.4, 0.5) is 5.69 Å². The summed E-state index contributed by atoms with van der Waals surface area (Å²) >= 11 is 0. The zero-order valence-corrected chi connectivity index (χ0v) is 19.1. The van der Waals surface area contributed by atoms with Crippen LogP contribution < -0.4 is 4.90 Å². The molecule has 0 unspecified atom stereocenters. The average molecular weight is 472 g/mol. The van der Waals surface area contributed by atoms with E-state index in [0.717, 1.165) is 0 Å². The van der Waals surface area contributed by atoms with Crippen LogP contribution in [0.3, 0.4) is 0 Å². The predicted molar refractivity (Wildman–Crippen MR) is 120 cm³/mol. The third-order valence-electron chi connectivity index (χ3n) is 5.18. The van der Waals surface area contributed by atoms with Gasteiger partial charge in [-0.05, 0) is 36.8 Å². The van der Waals surface area contributed by atoms with E-state index in [2.05, 4.69) is 0 Å². The van der Waals surface area contributed by atoms with Gasteiger partial charge in [-0.25, -0.2) is 13.2 Å². The molecule has 1 saturated heterocycles. The number of aryl methyl sites for hydroxylation is 1. The van der Waals surface area contributed by atoms with Gasteiger partial charge in [0.2, 0.25) is 10.0 Å². The Hall–Kier alpha value is -3.26. The first-order valence-electron chi connectivity index (χ1n) is 10.4. The van der Waals surface area contributed by atoms with Gasteiger partial charge in [-0.2, -0.15) is 9.57 Å². The van der Waals surface area contributed by atoms with Crippen molar-refractivity contribution in [2.75, 3.05) is 44.4 Å². The number of hydrogen-bond acceptors (Lipinski definition) is 7. The van der Waals surface area contributed by atoms with Crippen LogP contribution >= 0.6 is 0 Å². The highest BCUT2D eigenvalue weighted by Gasteiger charge is 2.28. The van der Waals surface area contributed by atoms with E-state index in [0.29, 0.717) is 24.5 Å². The summed E-state index contributed by atoms with van der Waals surface area (Å²) in [7, 11) is -3.79. The van der Waals surface area contributed by atoms with Crippen molar-refractivity contribution in [1.82, 2.24) is 4.31 Å². The molecule has 3 rings (SSSR count). The van der Waals surface area contributed by atoms with Gasteiger partial charge in [-0.15, -0.1) is 0 Å². The van der Waals surface area contributed by atoms with E-state index in [9.17, 15) is 18.0 Å². The van der Waals surface area contributed by atoms with Crippen molar-refractivity contribution < 1.29 is 27.5 Å². The molecule has 1 heterocycles. The summed E-state index contributed by atoms with van der Waals surface area (Å²) in [5.41, 5.74) is 1.18. The number of esters is 1. The Morgan fingerprint density at radius 3 is 2.52 bits per heavy atom. The van der Waals surface area contributed by atoms with Crippen molar-refractivity contribution >= 4 is 27.6 Å². The summed E-state index contributed by atoms with van der Waals surface area (Å²) in [6.07, 6.45) is 0.120. The summed E-state index contributed by atoms with van der Waals surface area (Å²) in [5.74, 6) is -1.28. The number of carbonyl (C=O) groups is 2. The van der Waals surface area contributed by atoms with Gasteiger partial charge in [0.05, 0.1) is 36.2 Å². The molecule has 0 atom stereocenters. The van der Waals surface area contributed by atoms with Gasteiger partial charge in [-0.1, -0.05) is 24.3 Å².